The second-order valence-electron chi connectivity index (χ2n) is 7.28. The van der Waals surface area contributed by atoms with Crippen molar-refractivity contribution in [3.05, 3.63) is 71.8 Å². The van der Waals surface area contributed by atoms with Crippen molar-refractivity contribution in [2.45, 2.75) is 57.8 Å². The smallest absolute Gasteiger partial charge is 0.328 e. The molecule has 3 heteroatoms. The molecule has 0 fully saturated rings. The lowest BCUT2D eigenvalue weighted by Crippen LogP contribution is -2.01. The Hall–Kier alpha value is -2.55. The van der Waals surface area contributed by atoms with Gasteiger partial charge in [-0.15, -0.1) is 0 Å². The summed E-state index contributed by atoms with van der Waals surface area (Å²) in [6, 6.07) is 18.6. The van der Waals surface area contributed by atoms with Gasteiger partial charge in [0.05, 0.1) is 0 Å². The summed E-state index contributed by atoms with van der Waals surface area (Å²) in [6.45, 7) is 0.987. The first kappa shape index (κ1) is 21.7. The van der Waals surface area contributed by atoms with Crippen LogP contribution in [0.1, 0.15) is 62.5 Å². The van der Waals surface area contributed by atoms with Gasteiger partial charge in [-0.25, -0.2) is 4.79 Å². The molecule has 0 aliphatic heterocycles. The van der Waals surface area contributed by atoms with E-state index in [1.54, 1.807) is 6.08 Å². The molecule has 0 amide bonds. The summed E-state index contributed by atoms with van der Waals surface area (Å²) in [5.41, 5.74) is 3.45. The molecule has 150 valence electrons. The summed E-state index contributed by atoms with van der Waals surface area (Å²) in [5, 5.41) is 12.1. The standard InChI is InChI=1S/C25H33NO2/c27-25(28)20-17-23-15-18-24(19-16-23)26-21-11-6-4-2-1-3-5-8-12-22-13-9-7-10-14-22/h7,9-10,13-20,26H,1-6,8,11-12,21H2,(H,27,28)/b20-17+. The van der Waals surface area contributed by atoms with Crippen LogP contribution in [0.2, 0.25) is 0 Å². The van der Waals surface area contributed by atoms with Gasteiger partial charge >= 0.3 is 5.97 Å². The van der Waals surface area contributed by atoms with E-state index in [0.717, 1.165) is 23.9 Å². The molecule has 2 aromatic carbocycles. The minimum Gasteiger partial charge on any atom is -0.478 e. The topological polar surface area (TPSA) is 49.3 Å². The summed E-state index contributed by atoms with van der Waals surface area (Å²) in [4.78, 5) is 10.5. The fraction of sp³-hybridized carbons (Fsp3) is 0.400. The number of carboxylic acids is 1. The molecule has 2 aromatic rings. The molecular formula is C25H33NO2. The van der Waals surface area contributed by atoms with Crippen LogP contribution in [0.5, 0.6) is 0 Å². The maximum atomic E-state index is 10.5. The molecule has 0 aromatic heterocycles. The Morgan fingerprint density at radius 1 is 0.786 bits per heavy atom. The van der Waals surface area contributed by atoms with Crippen molar-refractivity contribution in [1.82, 2.24) is 0 Å². The van der Waals surface area contributed by atoms with Gasteiger partial charge in [0.25, 0.3) is 0 Å². The molecule has 0 saturated heterocycles. The maximum absolute atomic E-state index is 10.5. The molecule has 0 spiro atoms. The van der Waals surface area contributed by atoms with Crippen LogP contribution in [-0.2, 0) is 11.2 Å². The lowest BCUT2D eigenvalue weighted by Gasteiger charge is -2.07. The van der Waals surface area contributed by atoms with Crippen molar-refractivity contribution in [2.24, 2.45) is 0 Å². The SMILES string of the molecule is O=C(O)/C=C/c1ccc(NCCCCCCCCCCc2ccccc2)cc1. The Labute approximate surface area is 169 Å². The summed E-state index contributed by atoms with van der Waals surface area (Å²) < 4.78 is 0. The van der Waals surface area contributed by atoms with E-state index < -0.39 is 5.97 Å². The van der Waals surface area contributed by atoms with Crippen LogP contribution in [0.3, 0.4) is 0 Å². The van der Waals surface area contributed by atoms with Crippen LogP contribution in [0.4, 0.5) is 5.69 Å². The lowest BCUT2D eigenvalue weighted by atomic mass is 10.0. The highest BCUT2D eigenvalue weighted by Crippen LogP contribution is 2.13. The number of unbranched alkanes of at least 4 members (excludes halogenated alkanes) is 7. The first-order valence-electron chi connectivity index (χ1n) is 10.5. The number of hydrogen-bond donors (Lipinski definition) is 2. The van der Waals surface area contributed by atoms with Crippen molar-refractivity contribution in [3.63, 3.8) is 0 Å². The van der Waals surface area contributed by atoms with Crippen LogP contribution >= 0.6 is 0 Å². The van der Waals surface area contributed by atoms with Crippen LogP contribution in [-0.4, -0.2) is 17.6 Å². The quantitative estimate of drug-likeness (QED) is 0.289. The van der Waals surface area contributed by atoms with E-state index in [0.29, 0.717) is 0 Å². The van der Waals surface area contributed by atoms with Gasteiger partial charge < -0.3 is 10.4 Å². The number of benzene rings is 2. The molecule has 28 heavy (non-hydrogen) atoms. The summed E-state index contributed by atoms with van der Waals surface area (Å²) in [6.07, 6.45) is 14.5. The molecule has 2 rings (SSSR count). The van der Waals surface area contributed by atoms with Crippen LogP contribution in [0.25, 0.3) is 6.08 Å². The third-order valence-electron chi connectivity index (χ3n) is 4.89. The minimum absolute atomic E-state index is 0.900. The van der Waals surface area contributed by atoms with Gasteiger partial charge in [-0.05, 0) is 48.6 Å². The average molecular weight is 380 g/mol. The number of carbonyl (C=O) groups is 1. The highest BCUT2D eigenvalue weighted by molar-refractivity contribution is 5.85. The van der Waals surface area contributed by atoms with Crippen LogP contribution in [0.15, 0.2) is 60.7 Å². The first-order chi connectivity index (χ1) is 13.7. The zero-order chi connectivity index (χ0) is 19.9. The highest BCUT2D eigenvalue weighted by Gasteiger charge is 1.96. The van der Waals surface area contributed by atoms with Crippen molar-refractivity contribution in [3.8, 4) is 0 Å². The van der Waals surface area contributed by atoms with E-state index in [2.05, 4.69) is 35.6 Å². The predicted molar refractivity (Wildman–Crippen MR) is 119 cm³/mol. The molecule has 0 heterocycles. The van der Waals surface area contributed by atoms with Gasteiger partial charge in [-0.2, -0.15) is 0 Å². The normalized spacial score (nSPS) is 11.0. The monoisotopic (exact) mass is 379 g/mol. The van der Waals surface area contributed by atoms with Gasteiger partial charge in [0.15, 0.2) is 0 Å². The molecule has 2 N–H and O–H groups in total. The van der Waals surface area contributed by atoms with E-state index in [-0.39, 0.29) is 0 Å². The molecule has 3 nitrogen and oxygen atoms in total. The number of aryl methyl sites for hydroxylation is 1. The molecule has 0 radical (unpaired) electrons. The van der Waals surface area contributed by atoms with Gasteiger partial charge in [0, 0.05) is 18.3 Å². The first-order valence-corrected chi connectivity index (χ1v) is 10.5. The Morgan fingerprint density at radius 3 is 2.04 bits per heavy atom. The Morgan fingerprint density at radius 2 is 1.39 bits per heavy atom. The van der Waals surface area contributed by atoms with Crippen LogP contribution in [0, 0.1) is 0 Å². The Kier molecular flexibility index (Phi) is 10.6. The molecule has 0 aliphatic carbocycles. The number of rotatable bonds is 14. The number of nitrogens with one attached hydrogen (secondary N) is 1. The van der Waals surface area contributed by atoms with Crippen molar-refractivity contribution >= 4 is 17.7 Å². The lowest BCUT2D eigenvalue weighted by molar-refractivity contribution is -0.131. The number of hydrogen-bond acceptors (Lipinski definition) is 2. The molecule has 0 unspecified atom stereocenters. The van der Waals surface area contributed by atoms with Gasteiger partial charge in [0.1, 0.15) is 0 Å². The predicted octanol–water partition coefficient (Wildman–Crippen LogP) is 6.56. The third kappa shape index (κ3) is 9.96. The largest absolute Gasteiger partial charge is 0.478 e. The molecule has 0 aliphatic rings. The second kappa shape index (κ2) is 13.6. The summed E-state index contributed by atoms with van der Waals surface area (Å²) in [5.74, 6) is -0.922. The van der Waals surface area contributed by atoms with Gasteiger partial charge in [-0.3, -0.25) is 0 Å². The van der Waals surface area contributed by atoms with Crippen molar-refractivity contribution in [1.29, 1.82) is 0 Å². The Balaban J connectivity index is 1.42. The third-order valence-corrected chi connectivity index (χ3v) is 4.89. The van der Waals surface area contributed by atoms with Crippen LogP contribution < -0.4 is 5.32 Å². The summed E-state index contributed by atoms with van der Waals surface area (Å²) >= 11 is 0. The van der Waals surface area contributed by atoms with E-state index in [9.17, 15) is 4.79 Å². The van der Waals surface area contributed by atoms with Crippen molar-refractivity contribution < 1.29 is 9.90 Å². The molecule has 0 saturated carbocycles. The molecule has 0 bridgehead atoms. The fourth-order valence-corrected chi connectivity index (χ4v) is 3.27. The second-order valence-corrected chi connectivity index (χ2v) is 7.28. The van der Waals surface area contributed by atoms with Gasteiger partial charge in [0.2, 0.25) is 0 Å². The minimum atomic E-state index is -0.922. The van der Waals surface area contributed by atoms with Crippen molar-refractivity contribution in [2.75, 3.05) is 11.9 Å². The zero-order valence-electron chi connectivity index (χ0n) is 16.8. The molecule has 0 atom stereocenters. The maximum Gasteiger partial charge on any atom is 0.328 e. The van der Waals surface area contributed by atoms with E-state index in [4.69, 9.17) is 5.11 Å². The summed E-state index contributed by atoms with van der Waals surface area (Å²) in [7, 11) is 0. The molecular weight excluding hydrogens is 346 g/mol. The van der Waals surface area contributed by atoms with E-state index in [1.807, 2.05) is 24.3 Å². The van der Waals surface area contributed by atoms with E-state index in [1.165, 1.54) is 63.4 Å². The Bertz CT molecular complexity index is 692. The van der Waals surface area contributed by atoms with E-state index >= 15 is 0 Å². The fourth-order valence-electron chi connectivity index (χ4n) is 3.27. The zero-order valence-corrected chi connectivity index (χ0v) is 16.8. The van der Waals surface area contributed by atoms with Gasteiger partial charge in [-0.1, -0.05) is 81.0 Å². The number of carboxylic acid groups (broad SMARTS) is 1. The average Bonchev–Trinajstić information content (AvgIpc) is 2.72. The highest BCUT2D eigenvalue weighted by atomic mass is 16.4. The number of anilines is 1. The number of aliphatic carboxylic acids is 1.